The molecule has 0 saturated carbocycles. The van der Waals surface area contributed by atoms with Crippen LogP contribution < -0.4 is 14.8 Å². The summed E-state index contributed by atoms with van der Waals surface area (Å²) in [5.74, 6) is -0.544. The number of ether oxygens (including phenoxy) is 3. The van der Waals surface area contributed by atoms with Crippen molar-refractivity contribution in [3.8, 4) is 11.5 Å². The molecule has 0 aliphatic carbocycles. The molecule has 48 heavy (non-hydrogen) atoms. The molecule has 3 aromatic rings. The van der Waals surface area contributed by atoms with E-state index in [0.29, 0.717) is 51.3 Å². The first-order chi connectivity index (χ1) is 22.9. The maximum Gasteiger partial charge on any atom is 0.341 e. The minimum atomic E-state index is -4.30. The van der Waals surface area contributed by atoms with Gasteiger partial charge in [-0.15, -0.1) is 0 Å². The molecule has 0 spiro atoms. The van der Waals surface area contributed by atoms with Gasteiger partial charge in [-0.2, -0.15) is 0 Å². The SMILES string of the molecule is CCOC(=O)C1(c2ccc(Cl)cc2)N=C(c2ccc(OC)cc2OC(C)C)N(S(=O)(=O)CCN2CCNC(=O)C2)C1c1ccc(Cl)cc1. The molecule has 1 N–H and O–H groups in total. The number of carbonyl (C=O) groups excluding carboxylic acids is 2. The molecule has 14 heteroatoms. The number of hydrogen-bond acceptors (Lipinski definition) is 9. The molecule has 3 aromatic carbocycles. The lowest BCUT2D eigenvalue weighted by Crippen LogP contribution is -2.51. The molecule has 1 fully saturated rings. The number of esters is 1. The molecule has 0 bridgehead atoms. The van der Waals surface area contributed by atoms with Crippen LogP contribution in [0.25, 0.3) is 0 Å². The highest BCUT2D eigenvalue weighted by Gasteiger charge is 2.60. The van der Waals surface area contributed by atoms with E-state index in [-0.39, 0.29) is 43.3 Å². The summed E-state index contributed by atoms with van der Waals surface area (Å²) in [5.41, 5.74) is -0.781. The number of methoxy groups -OCH3 is 1. The minimum Gasteiger partial charge on any atom is -0.497 e. The normalized spacial score (nSPS) is 20.0. The first kappa shape index (κ1) is 35.5. The molecule has 2 atom stereocenters. The van der Waals surface area contributed by atoms with Gasteiger partial charge in [0.1, 0.15) is 17.5 Å². The van der Waals surface area contributed by atoms with Gasteiger partial charge >= 0.3 is 5.97 Å². The molecule has 5 rings (SSSR count). The summed E-state index contributed by atoms with van der Waals surface area (Å²) in [5, 5.41) is 3.60. The molecule has 2 aliphatic rings. The summed E-state index contributed by atoms with van der Waals surface area (Å²) in [4.78, 5) is 33.4. The Morgan fingerprint density at radius 2 is 1.73 bits per heavy atom. The maximum atomic E-state index is 14.9. The van der Waals surface area contributed by atoms with Crippen molar-refractivity contribution in [2.24, 2.45) is 4.99 Å². The molecular weight excluding hydrogens is 679 g/mol. The van der Waals surface area contributed by atoms with Gasteiger partial charge in [-0.25, -0.2) is 22.5 Å². The van der Waals surface area contributed by atoms with Crippen molar-refractivity contribution in [2.45, 2.75) is 38.5 Å². The summed E-state index contributed by atoms with van der Waals surface area (Å²) < 4.78 is 48.3. The number of amides is 1. The Kier molecular flexibility index (Phi) is 10.9. The number of sulfonamides is 1. The largest absolute Gasteiger partial charge is 0.497 e. The van der Waals surface area contributed by atoms with Crippen LogP contribution in [0.15, 0.2) is 71.7 Å². The monoisotopic (exact) mass is 716 g/mol. The van der Waals surface area contributed by atoms with Crippen LogP contribution in [-0.4, -0.2) is 87.1 Å². The first-order valence-corrected chi connectivity index (χ1v) is 17.9. The highest BCUT2D eigenvalue weighted by molar-refractivity contribution is 7.89. The average Bonchev–Trinajstić information content (AvgIpc) is 3.42. The van der Waals surface area contributed by atoms with Gasteiger partial charge in [0, 0.05) is 35.7 Å². The standard InChI is InChI=1S/C34H38Cl2N4O7S/c1-5-46-33(42)34(24-8-12-26(36)13-9-24)31(23-6-10-25(35)11-7-23)40(48(43,44)19-18-39-17-16-37-30(41)21-39)32(38-34)28-15-14-27(45-4)20-29(28)47-22(2)3/h6-15,20,22,31H,5,16-19,21H2,1-4H3,(H,37,41). The summed E-state index contributed by atoms with van der Waals surface area (Å²) >= 11 is 12.6. The molecule has 0 radical (unpaired) electrons. The molecule has 2 unspecified atom stereocenters. The number of amidine groups is 1. The number of carbonyl (C=O) groups is 2. The number of rotatable bonds is 12. The van der Waals surface area contributed by atoms with E-state index in [1.165, 1.54) is 11.4 Å². The van der Waals surface area contributed by atoms with Crippen LogP contribution >= 0.6 is 23.2 Å². The zero-order chi connectivity index (χ0) is 34.6. The third-order valence-electron chi connectivity index (χ3n) is 8.05. The van der Waals surface area contributed by atoms with Crippen molar-refractivity contribution < 1.29 is 32.2 Å². The third kappa shape index (κ3) is 7.26. The van der Waals surface area contributed by atoms with Crippen molar-refractivity contribution in [3.63, 3.8) is 0 Å². The molecule has 2 heterocycles. The van der Waals surface area contributed by atoms with Gasteiger partial charge in [0.25, 0.3) is 0 Å². The second-order valence-corrected chi connectivity index (χ2v) is 14.5. The number of piperazine rings is 1. The minimum absolute atomic E-state index is 0.0143. The lowest BCUT2D eigenvalue weighted by Gasteiger charge is -2.36. The molecule has 2 aliphatic heterocycles. The van der Waals surface area contributed by atoms with E-state index in [4.69, 9.17) is 42.4 Å². The van der Waals surface area contributed by atoms with Crippen LogP contribution in [0.4, 0.5) is 0 Å². The Hall–Kier alpha value is -3.84. The Bertz CT molecular complexity index is 1790. The summed E-state index contributed by atoms with van der Waals surface area (Å²) in [6.45, 7) is 6.41. The topological polar surface area (TPSA) is 127 Å². The molecule has 1 amide bonds. The fraction of sp³-hybridized carbons (Fsp3) is 0.382. The molecule has 0 aromatic heterocycles. The number of halogens is 2. The second-order valence-electron chi connectivity index (χ2n) is 11.6. The van der Waals surface area contributed by atoms with Gasteiger partial charge in [0.05, 0.1) is 37.7 Å². The van der Waals surface area contributed by atoms with E-state index in [9.17, 15) is 18.0 Å². The Morgan fingerprint density at radius 3 is 2.33 bits per heavy atom. The van der Waals surface area contributed by atoms with Gasteiger partial charge in [-0.05, 0) is 68.3 Å². The smallest absolute Gasteiger partial charge is 0.341 e. The number of benzene rings is 3. The molecule has 11 nitrogen and oxygen atoms in total. The van der Waals surface area contributed by atoms with Gasteiger partial charge < -0.3 is 19.5 Å². The van der Waals surface area contributed by atoms with Crippen molar-refractivity contribution >= 4 is 50.9 Å². The number of nitrogens with one attached hydrogen (secondary N) is 1. The van der Waals surface area contributed by atoms with E-state index in [1.54, 1.807) is 78.6 Å². The predicted octanol–water partition coefficient (Wildman–Crippen LogP) is 4.81. The number of aliphatic imine (C=N–C) groups is 1. The lowest BCUT2D eigenvalue weighted by atomic mass is 9.80. The van der Waals surface area contributed by atoms with Gasteiger partial charge in [-0.3, -0.25) is 9.69 Å². The zero-order valence-corrected chi connectivity index (χ0v) is 29.4. The van der Waals surface area contributed by atoms with Crippen LogP contribution in [0.3, 0.4) is 0 Å². The van der Waals surface area contributed by atoms with Gasteiger partial charge in [-0.1, -0.05) is 47.5 Å². The van der Waals surface area contributed by atoms with E-state index in [0.717, 1.165) is 0 Å². The third-order valence-corrected chi connectivity index (χ3v) is 10.2. The van der Waals surface area contributed by atoms with Crippen LogP contribution in [0, 0.1) is 0 Å². The molecular formula is C34H38Cl2N4O7S. The van der Waals surface area contributed by atoms with E-state index in [2.05, 4.69) is 5.32 Å². The van der Waals surface area contributed by atoms with E-state index < -0.39 is 27.6 Å². The lowest BCUT2D eigenvalue weighted by molar-refractivity contribution is -0.151. The van der Waals surface area contributed by atoms with Crippen molar-refractivity contribution in [3.05, 3.63) is 93.5 Å². The summed E-state index contributed by atoms with van der Waals surface area (Å²) in [7, 11) is -2.79. The Morgan fingerprint density at radius 1 is 1.06 bits per heavy atom. The van der Waals surface area contributed by atoms with Gasteiger partial charge in [0.15, 0.2) is 5.84 Å². The molecule has 1 saturated heterocycles. The van der Waals surface area contributed by atoms with E-state index >= 15 is 0 Å². The van der Waals surface area contributed by atoms with Crippen molar-refractivity contribution in [2.75, 3.05) is 45.6 Å². The Balaban J connectivity index is 1.81. The maximum absolute atomic E-state index is 14.9. The van der Waals surface area contributed by atoms with Crippen molar-refractivity contribution in [1.29, 1.82) is 0 Å². The van der Waals surface area contributed by atoms with E-state index in [1.807, 2.05) is 13.8 Å². The number of hydrogen-bond donors (Lipinski definition) is 1. The molecule has 256 valence electrons. The average molecular weight is 718 g/mol. The highest BCUT2D eigenvalue weighted by Crippen LogP contribution is 2.52. The number of nitrogens with zero attached hydrogens (tertiary/aromatic N) is 3. The fourth-order valence-electron chi connectivity index (χ4n) is 5.90. The van der Waals surface area contributed by atoms with Crippen molar-refractivity contribution in [1.82, 2.24) is 14.5 Å². The first-order valence-electron chi connectivity index (χ1n) is 15.5. The highest BCUT2D eigenvalue weighted by atomic mass is 35.5. The fourth-order valence-corrected chi connectivity index (χ4v) is 7.83. The van der Waals surface area contributed by atoms with Crippen LogP contribution in [0.5, 0.6) is 11.5 Å². The summed E-state index contributed by atoms with van der Waals surface area (Å²) in [6, 6.07) is 16.9. The van der Waals surface area contributed by atoms with Crippen LogP contribution in [0.1, 0.15) is 43.5 Å². The van der Waals surface area contributed by atoms with Crippen LogP contribution in [0.2, 0.25) is 10.0 Å². The van der Waals surface area contributed by atoms with Crippen LogP contribution in [-0.2, 0) is 29.9 Å². The Labute approximate surface area is 290 Å². The predicted molar refractivity (Wildman–Crippen MR) is 184 cm³/mol. The summed E-state index contributed by atoms with van der Waals surface area (Å²) in [6.07, 6.45) is -0.300. The quantitative estimate of drug-likeness (QED) is 0.265. The zero-order valence-electron chi connectivity index (χ0n) is 27.1. The van der Waals surface area contributed by atoms with Gasteiger partial charge in [0.2, 0.25) is 21.5 Å². The second kappa shape index (κ2) is 14.7.